The van der Waals surface area contributed by atoms with Gasteiger partial charge in [-0.05, 0) is 38.1 Å². The Kier molecular flexibility index (Phi) is 3.42. The van der Waals surface area contributed by atoms with Crippen molar-refractivity contribution >= 4 is 11.0 Å². The Balaban J connectivity index is 1.80. The summed E-state index contributed by atoms with van der Waals surface area (Å²) in [5.41, 5.74) is 2.08. The van der Waals surface area contributed by atoms with E-state index in [-0.39, 0.29) is 0 Å². The van der Waals surface area contributed by atoms with Gasteiger partial charge in [0.05, 0.1) is 11.0 Å². The number of fused-ring (bicyclic) bond motifs is 1. The molecule has 0 atom stereocenters. The number of aromatic nitrogens is 2. The summed E-state index contributed by atoms with van der Waals surface area (Å²) in [6.07, 6.45) is 2.50. The molecule has 0 aliphatic carbocycles. The van der Waals surface area contributed by atoms with Crippen LogP contribution in [0.25, 0.3) is 11.0 Å². The Morgan fingerprint density at radius 2 is 2.05 bits per heavy atom. The molecule has 1 aromatic heterocycles. The van der Waals surface area contributed by atoms with Crippen molar-refractivity contribution in [3.63, 3.8) is 0 Å². The average Bonchev–Trinajstić information content (AvgIpc) is 2.83. The van der Waals surface area contributed by atoms with Gasteiger partial charge in [0, 0.05) is 12.0 Å². The molecule has 4 heteroatoms. The molecule has 19 heavy (non-hydrogen) atoms. The van der Waals surface area contributed by atoms with Crippen LogP contribution >= 0.6 is 0 Å². The zero-order chi connectivity index (χ0) is 13.2. The predicted molar refractivity (Wildman–Crippen MR) is 76.7 cm³/mol. The zero-order valence-corrected chi connectivity index (χ0v) is 11.6. The number of H-pyrrole nitrogens is 1. The molecule has 0 unspecified atom stereocenters. The molecular weight excluding hydrogens is 238 g/mol. The maximum absolute atomic E-state index is 6.05. The molecule has 1 aliphatic rings. The minimum atomic E-state index is 0.339. The first-order valence-electron chi connectivity index (χ1n) is 7.09. The van der Waals surface area contributed by atoms with Gasteiger partial charge < -0.3 is 15.0 Å². The molecule has 1 fully saturated rings. The molecule has 1 saturated heterocycles. The molecular formula is C15H21N3O. The quantitative estimate of drug-likeness (QED) is 0.891. The van der Waals surface area contributed by atoms with E-state index in [0.717, 1.165) is 48.5 Å². The molecule has 0 bridgehead atoms. The molecule has 3 rings (SSSR count). The minimum Gasteiger partial charge on any atom is -0.490 e. The first-order valence-corrected chi connectivity index (χ1v) is 7.09. The van der Waals surface area contributed by atoms with Crippen LogP contribution in [-0.4, -0.2) is 29.2 Å². The molecule has 0 spiro atoms. The Bertz CT molecular complexity index is 556. The predicted octanol–water partition coefficient (Wildman–Crippen LogP) is 2.82. The van der Waals surface area contributed by atoms with Crippen LogP contribution in [0.5, 0.6) is 5.75 Å². The van der Waals surface area contributed by atoms with E-state index in [1.54, 1.807) is 0 Å². The molecule has 4 nitrogen and oxygen atoms in total. The molecule has 1 aliphatic heterocycles. The smallest absolute Gasteiger partial charge is 0.121 e. The molecule has 2 N–H and O–H groups in total. The maximum atomic E-state index is 6.05. The van der Waals surface area contributed by atoms with Crippen LogP contribution in [-0.2, 0) is 0 Å². The Morgan fingerprint density at radius 3 is 2.79 bits per heavy atom. The number of ether oxygens (including phenoxy) is 1. The van der Waals surface area contributed by atoms with Crippen molar-refractivity contribution in [1.29, 1.82) is 0 Å². The second-order valence-electron chi connectivity index (χ2n) is 5.52. The van der Waals surface area contributed by atoms with Gasteiger partial charge in [0.15, 0.2) is 0 Å². The molecule has 0 amide bonds. The van der Waals surface area contributed by atoms with E-state index in [0.29, 0.717) is 12.0 Å². The highest BCUT2D eigenvalue weighted by atomic mass is 16.5. The summed E-state index contributed by atoms with van der Waals surface area (Å²) >= 11 is 0. The van der Waals surface area contributed by atoms with Crippen LogP contribution in [0, 0.1) is 0 Å². The van der Waals surface area contributed by atoms with Gasteiger partial charge in [-0.3, -0.25) is 0 Å². The lowest BCUT2D eigenvalue weighted by Crippen LogP contribution is -2.34. The first kappa shape index (κ1) is 12.5. The molecule has 2 heterocycles. The molecule has 2 aromatic rings. The van der Waals surface area contributed by atoms with E-state index in [1.807, 2.05) is 12.1 Å². The Morgan fingerprint density at radius 1 is 1.26 bits per heavy atom. The van der Waals surface area contributed by atoms with Crippen molar-refractivity contribution in [2.75, 3.05) is 13.1 Å². The maximum Gasteiger partial charge on any atom is 0.121 e. The third kappa shape index (κ3) is 2.73. The summed E-state index contributed by atoms with van der Waals surface area (Å²) in [4.78, 5) is 7.95. The number of aromatic amines is 1. The Labute approximate surface area is 113 Å². The van der Waals surface area contributed by atoms with Gasteiger partial charge in [0.1, 0.15) is 17.7 Å². The second kappa shape index (κ2) is 5.21. The summed E-state index contributed by atoms with van der Waals surface area (Å²) in [7, 11) is 0. The largest absolute Gasteiger partial charge is 0.490 e. The van der Waals surface area contributed by atoms with E-state index >= 15 is 0 Å². The highest BCUT2D eigenvalue weighted by Crippen LogP contribution is 2.23. The fourth-order valence-electron chi connectivity index (χ4n) is 2.46. The van der Waals surface area contributed by atoms with Gasteiger partial charge in [0.2, 0.25) is 0 Å². The lowest BCUT2D eigenvalue weighted by atomic mass is 10.1. The van der Waals surface area contributed by atoms with Gasteiger partial charge in [-0.15, -0.1) is 0 Å². The van der Waals surface area contributed by atoms with Crippen LogP contribution in [0.15, 0.2) is 18.2 Å². The SMILES string of the molecule is CC(C)c1nc2ccc(OC3CCNCC3)cc2[nH]1. The van der Waals surface area contributed by atoms with Gasteiger partial charge in [-0.2, -0.15) is 0 Å². The van der Waals surface area contributed by atoms with Gasteiger partial charge in [0.25, 0.3) is 0 Å². The minimum absolute atomic E-state index is 0.339. The van der Waals surface area contributed by atoms with E-state index in [1.165, 1.54) is 0 Å². The number of rotatable bonds is 3. The van der Waals surface area contributed by atoms with E-state index < -0.39 is 0 Å². The monoisotopic (exact) mass is 259 g/mol. The van der Waals surface area contributed by atoms with Crippen molar-refractivity contribution in [3.8, 4) is 5.75 Å². The average molecular weight is 259 g/mol. The third-order valence-corrected chi connectivity index (χ3v) is 3.61. The number of hydrogen-bond donors (Lipinski definition) is 2. The van der Waals surface area contributed by atoms with Crippen molar-refractivity contribution < 1.29 is 4.74 Å². The number of nitrogens with zero attached hydrogens (tertiary/aromatic N) is 1. The van der Waals surface area contributed by atoms with Gasteiger partial charge >= 0.3 is 0 Å². The molecule has 102 valence electrons. The fourth-order valence-corrected chi connectivity index (χ4v) is 2.46. The van der Waals surface area contributed by atoms with Crippen LogP contribution in [0.3, 0.4) is 0 Å². The van der Waals surface area contributed by atoms with Crippen LogP contribution < -0.4 is 10.1 Å². The van der Waals surface area contributed by atoms with Crippen LogP contribution in [0.4, 0.5) is 0 Å². The number of piperidine rings is 1. The van der Waals surface area contributed by atoms with Crippen molar-refractivity contribution in [2.45, 2.75) is 38.7 Å². The van der Waals surface area contributed by atoms with Crippen molar-refractivity contribution in [1.82, 2.24) is 15.3 Å². The molecule has 1 aromatic carbocycles. The molecule has 0 radical (unpaired) electrons. The molecule has 0 saturated carbocycles. The first-order chi connectivity index (χ1) is 9.22. The highest BCUT2D eigenvalue weighted by Gasteiger charge is 2.15. The van der Waals surface area contributed by atoms with Crippen molar-refractivity contribution in [3.05, 3.63) is 24.0 Å². The number of imidazole rings is 1. The zero-order valence-electron chi connectivity index (χ0n) is 11.6. The van der Waals surface area contributed by atoms with E-state index in [4.69, 9.17) is 4.74 Å². The van der Waals surface area contributed by atoms with Gasteiger partial charge in [-0.1, -0.05) is 13.8 Å². The summed E-state index contributed by atoms with van der Waals surface area (Å²) < 4.78 is 6.05. The second-order valence-corrected chi connectivity index (χ2v) is 5.52. The summed E-state index contributed by atoms with van der Waals surface area (Å²) in [5.74, 6) is 2.40. The third-order valence-electron chi connectivity index (χ3n) is 3.61. The standard InChI is InChI=1S/C15H21N3O/c1-10(2)15-17-13-4-3-12(9-14(13)18-15)19-11-5-7-16-8-6-11/h3-4,9-11,16H,5-8H2,1-2H3,(H,17,18). The fraction of sp³-hybridized carbons (Fsp3) is 0.533. The lowest BCUT2D eigenvalue weighted by Gasteiger charge is -2.23. The van der Waals surface area contributed by atoms with E-state index in [9.17, 15) is 0 Å². The Hall–Kier alpha value is -1.55. The van der Waals surface area contributed by atoms with Crippen LogP contribution in [0.1, 0.15) is 38.4 Å². The highest BCUT2D eigenvalue weighted by molar-refractivity contribution is 5.76. The number of nitrogens with one attached hydrogen (secondary N) is 2. The normalized spacial score (nSPS) is 17.2. The summed E-state index contributed by atoms with van der Waals surface area (Å²) in [6, 6.07) is 6.12. The van der Waals surface area contributed by atoms with Crippen LogP contribution in [0.2, 0.25) is 0 Å². The summed E-state index contributed by atoms with van der Waals surface area (Å²) in [5, 5.41) is 3.35. The number of hydrogen-bond acceptors (Lipinski definition) is 3. The lowest BCUT2D eigenvalue weighted by molar-refractivity contribution is 0.162. The summed E-state index contributed by atoms with van der Waals surface area (Å²) in [6.45, 7) is 6.39. The number of benzene rings is 1. The van der Waals surface area contributed by atoms with E-state index in [2.05, 4.69) is 35.2 Å². The topological polar surface area (TPSA) is 49.9 Å². The van der Waals surface area contributed by atoms with Crippen molar-refractivity contribution in [2.24, 2.45) is 0 Å². The van der Waals surface area contributed by atoms with Gasteiger partial charge in [-0.25, -0.2) is 4.98 Å².